The van der Waals surface area contributed by atoms with Gasteiger partial charge in [0.05, 0.1) is 6.54 Å². The zero-order valence-corrected chi connectivity index (χ0v) is 15.9. The molecule has 0 spiro atoms. The van der Waals surface area contributed by atoms with Crippen LogP contribution in [0.1, 0.15) is 21.6 Å². The Balaban J connectivity index is 1.45. The molecule has 4 aromatic rings. The van der Waals surface area contributed by atoms with Crippen LogP contribution in [0, 0.1) is 6.92 Å². The van der Waals surface area contributed by atoms with Crippen LogP contribution in [0.2, 0.25) is 0 Å². The second-order valence-electron chi connectivity index (χ2n) is 6.66. The van der Waals surface area contributed by atoms with E-state index in [9.17, 15) is 4.79 Å². The van der Waals surface area contributed by atoms with Crippen molar-refractivity contribution >= 4 is 17.2 Å². The van der Waals surface area contributed by atoms with Gasteiger partial charge in [0.15, 0.2) is 11.4 Å². The Bertz CT molecular complexity index is 1150. The highest BCUT2D eigenvalue weighted by atomic mass is 32.1. The molecule has 1 aliphatic heterocycles. The van der Waals surface area contributed by atoms with E-state index in [0.717, 1.165) is 11.1 Å². The van der Waals surface area contributed by atoms with Gasteiger partial charge in [-0.1, -0.05) is 40.2 Å². The zero-order chi connectivity index (χ0) is 19.1. The van der Waals surface area contributed by atoms with Gasteiger partial charge in [0, 0.05) is 24.0 Å². The summed E-state index contributed by atoms with van der Waals surface area (Å²) in [5.41, 5.74) is 3.84. The van der Waals surface area contributed by atoms with Gasteiger partial charge in [0.25, 0.3) is 11.8 Å². The molecule has 140 valence electrons. The van der Waals surface area contributed by atoms with Crippen LogP contribution >= 0.6 is 11.3 Å². The first-order valence-corrected chi connectivity index (χ1v) is 9.78. The Morgan fingerprint density at radius 2 is 2.18 bits per heavy atom. The first-order valence-electron chi connectivity index (χ1n) is 8.84. The lowest BCUT2D eigenvalue weighted by atomic mass is 10.1. The summed E-state index contributed by atoms with van der Waals surface area (Å²) in [5.74, 6) is 0.536. The highest BCUT2D eigenvalue weighted by Crippen LogP contribution is 2.27. The zero-order valence-electron chi connectivity index (χ0n) is 15.1. The number of carbonyl (C=O) groups excluding carboxylic acids is 1. The number of benzene rings is 1. The Morgan fingerprint density at radius 3 is 3.00 bits per heavy atom. The van der Waals surface area contributed by atoms with E-state index in [0.29, 0.717) is 36.8 Å². The fourth-order valence-corrected chi connectivity index (χ4v) is 3.94. The van der Waals surface area contributed by atoms with Gasteiger partial charge in [-0.2, -0.15) is 16.3 Å². The van der Waals surface area contributed by atoms with Crippen LogP contribution in [0.4, 0.5) is 0 Å². The van der Waals surface area contributed by atoms with E-state index in [1.54, 1.807) is 20.9 Å². The van der Waals surface area contributed by atoms with Crippen molar-refractivity contribution in [2.45, 2.75) is 20.0 Å². The number of hydrogen-bond donors (Lipinski definition) is 0. The van der Waals surface area contributed by atoms with Gasteiger partial charge in [-0.15, -0.1) is 5.10 Å². The molecule has 0 unspecified atom stereocenters. The van der Waals surface area contributed by atoms with E-state index in [1.165, 1.54) is 5.56 Å². The minimum absolute atomic E-state index is 0.136. The number of thiophene rings is 1. The minimum Gasteiger partial charge on any atom is -0.332 e. The quantitative estimate of drug-likeness (QED) is 0.530. The highest BCUT2D eigenvalue weighted by Gasteiger charge is 2.32. The number of hydrogen-bond acceptors (Lipinski definition) is 7. The third kappa shape index (κ3) is 2.89. The van der Waals surface area contributed by atoms with Gasteiger partial charge in [-0.3, -0.25) is 4.79 Å². The largest absolute Gasteiger partial charge is 0.332 e. The molecule has 3 aromatic heterocycles. The number of aryl methyl sites for hydroxylation is 1. The first kappa shape index (κ1) is 16.8. The lowest BCUT2D eigenvalue weighted by Gasteiger charge is -2.27. The number of aromatic nitrogens is 5. The molecule has 0 radical (unpaired) electrons. The standard InChI is InChI=1S/C19H16N6O2S/c1-12-3-2-4-13(9-12)10-24-6-7-25-16(19(24)26)15(21-23-25)18-20-17(22-27-18)14-5-8-28-11-14/h2-5,8-9,11H,6-7,10H2,1H3. The Hall–Kier alpha value is -3.33. The molecule has 0 bridgehead atoms. The molecule has 0 saturated heterocycles. The third-order valence-electron chi connectivity index (χ3n) is 4.67. The van der Waals surface area contributed by atoms with E-state index in [-0.39, 0.29) is 11.8 Å². The minimum atomic E-state index is -0.136. The van der Waals surface area contributed by atoms with Crippen LogP contribution in [-0.4, -0.2) is 42.5 Å². The molecule has 0 fully saturated rings. The van der Waals surface area contributed by atoms with Crippen LogP contribution < -0.4 is 0 Å². The summed E-state index contributed by atoms with van der Waals surface area (Å²) in [4.78, 5) is 19.3. The molecule has 0 atom stereocenters. The lowest BCUT2D eigenvalue weighted by molar-refractivity contribution is 0.0684. The highest BCUT2D eigenvalue weighted by molar-refractivity contribution is 7.08. The second kappa shape index (κ2) is 6.68. The predicted octanol–water partition coefficient (Wildman–Crippen LogP) is 3.02. The topological polar surface area (TPSA) is 89.9 Å². The summed E-state index contributed by atoms with van der Waals surface area (Å²) in [6, 6.07) is 10.1. The van der Waals surface area contributed by atoms with Gasteiger partial charge >= 0.3 is 0 Å². The summed E-state index contributed by atoms with van der Waals surface area (Å²) in [6.07, 6.45) is 0. The lowest BCUT2D eigenvalue weighted by Crippen LogP contribution is -2.40. The van der Waals surface area contributed by atoms with E-state index in [2.05, 4.69) is 26.5 Å². The molecule has 0 N–H and O–H groups in total. The van der Waals surface area contributed by atoms with Crippen LogP contribution in [0.15, 0.2) is 45.6 Å². The fraction of sp³-hybridized carbons (Fsp3) is 0.211. The molecule has 1 aliphatic rings. The summed E-state index contributed by atoms with van der Waals surface area (Å²) < 4.78 is 6.98. The number of carbonyl (C=O) groups is 1. The molecule has 1 aromatic carbocycles. The van der Waals surface area contributed by atoms with E-state index in [1.807, 2.05) is 41.9 Å². The van der Waals surface area contributed by atoms with Crippen LogP contribution in [0.5, 0.6) is 0 Å². The van der Waals surface area contributed by atoms with Crippen molar-refractivity contribution in [3.63, 3.8) is 0 Å². The van der Waals surface area contributed by atoms with Gasteiger partial charge in [0.2, 0.25) is 5.82 Å². The summed E-state index contributed by atoms with van der Waals surface area (Å²) in [7, 11) is 0. The monoisotopic (exact) mass is 392 g/mol. The molecular formula is C19H16N6O2S. The smallest absolute Gasteiger partial charge is 0.281 e. The average molecular weight is 392 g/mol. The molecule has 9 heteroatoms. The number of nitrogens with zero attached hydrogens (tertiary/aromatic N) is 6. The fourth-order valence-electron chi connectivity index (χ4n) is 3.30. The maximum absolute atomic E-state index is 13.1. The Morgan fingerprint density at radius 1 is 1.25 bits per heavy atom. The van der Waals surface area contributed by atoms with Gasteiger partial charge < -0.3 is 9.42 Å². The van der Waals surface area contributed by atoms with Crippen molar-refractivity contribution in [1.29, 1.82) is 0 Å². The van der Waals surface area contributed by atoms with Crippen molar-refractivity contribution < 1.29 is 9.32 Å². The van der Waals surface area contributed by atoms with Crippen molar-refractivity contribution in [3.05, 3.63) is 57.9 Å². The number of rotatable bonds is 4. The Kier molecular flexibility index (Phi) is 4.01. The van der Waals surface area contributed by atoms with Crippen molar-refractivity contribution in [2.24, 2.45) is 0 Å². The molecular weight excluding hydrogens is 376 g/mol. The normalized spacial score (nSPS) is 13.8. The summed E-state index contributed by atoms with van der Waals surface area (Å²) >= 11 is 1.55. The second-order valence-corrected chi connectivity index (χ2v) is 7.44. The maximum atomic E-state index is 13.1. The molecule has 28 heavy (non-hydrogen) atoms. The van der Waals surface area contributed by atoms with E-state index < -0.39 is 0 Å². The maximum Gasteiger partial charge on any atom is 0.281 e. The van der Waals surface area contributed by atoms with Crippen LogP contribution in [-0.2, 0) is 13.1 Å². The average Bonchev–Trinajstić information content (AvgIpc) is 3.44. The number of fused-ring (bicyclic) bond motifs is 1. The van der Waals surface area contributed by atoms with Crippen LogP contribution in [0.25, 0.3) is 23.0 Å². The molecule has 1 amide bonds. The molecule has 4 heterocycles. The van der Waals surface area contributed by atoms with Crippen LogP contribution in [0.3, 0.4) is 0 Å². The molecule has 8 nitrogen and oxygen atoms in total. The number of amides is 1. The first-order chi connectivity index (χ1) is 13.7. The van der Waals surface area contributed by atoms with Gasteiger partial charge in [-0.25, -0.2) is 4.68 Å². The van der Waals surface area contributed by atoms with E-state index in [4.69, 9.17) is 4.52 Å². The summed E-state index contributed by atoms with van der Waals surface area (Å²) in [5, 5.41) is 16.1. The Labute approximate surface area is 164 Å². The molecule has 5 rings (SSSR count). The molecule has 0 saturated carbocycles. The summed E-state index contributed by atoms with van der Waals surface area (Å²) in [6.45, 7) is 3.73. The SMILES string of the molecule is Cc1cccc(CN2CCn3nnc(-c4nc(-c5ccsc5)no4)c3C2=O)c1. The van der Waals surface area contributed by atoms with Crippen molar-refractivity contribution in [1.82, 2.24) is 30.0 Å². The van der Waals surface area contributed by atoms with Gasteiger partial charge in [-0.05, 0) is 23.9 Å². The van der Waals surface area contributed by atoms with E-state index >= 15 is 0 Å². The van der Waals surface area contributed by atoms with Crippen molar-refractivity contribution in [3.8, 4) is 23.0 Å². The molecule has 0 aliphatic carbocycles. The van der Waals surface area contributed by atoms with Crippen molar-refractivity contribution in [2.75, 3.05) is 6.54 Å². The van der Waals surface area contributed by atoms with Gasteiger partial charge in [0.1, 0.15) is 0 Å². The predicted molar refractivity (Wildman–Crippen MR) is 103 cm³/mol. The third-order valence-corrected chi connectivity index (χ3v) is 5.35.